The number of carbonyl (C=O) groups is 1. The maximum atomic E-state index is 11.3. The van der Waals surface area contributed by atoms with Crippen LogP contribution in [0.5, 0.6) is 11.5 Å². The minimum atomic E-state index is -0.362. The summed E-state index contributed by atoms with van der Waals surface area (Å²) in [5, 5.41) is 0.661. The molecule has 0 saturated heterocycles. The number of aromatic nitrogens is 3. The average molecular weight is 466 g/mol. The van der Waals surface area contributed by atoms with Gasteiger partial charge in [0.2, 0.25) is 0 Å². The van der Waals surface area contributed by atoms with Crippen LogP contribution in [0, 0.1) is 13.8 Å². The second-order valence-electron chi connectivity index (χ2n) is 7.54. The molecular weight excluding hydrogens is 442 g/mol. The fraction of sp³-hybridized carbons (Fsp3) is 0.240. The number of aryl methyl sites for hydroxylation is 2. The van der Waals surface area contributed by atoms with E-state index in [-0.39, 0.29) is 5.97 Å². The number of halogens is 1. The summed E-state index contributed by atoms with van der Waals surface area (Å²) in [4.78, 5) is 20.3. The van der Waals surface area contributed by atoms with Gasteiger partial charge in [-0.2, -0.15) is 4.98 Å². The summed E-state index contributed by atoms with van der Waals surface area (Å²) in [6.45, 7) is 5.60. The highest BCUT2D eigenvalue weighted by Gasteiger charge is 2.17. The Morgan fingerprint density at radius 2 is 1.88 bits per heavy atom. The van der Waals surface area contributed by atoms with Crippen LogP contribution in [-0.4, -0.2) is 27.1 Å². The molecule has 0 atom stereocenters. The Kier molecular flexibility index (Phi) is 6.79. The molecule has 0 unspecified atom stereocenters. The molecule has 0 bridgehead atoms. The van der Waals surface area contributed by atoms with E-state index in [1.807, 2.05) is 54.9 Å². The molecule has 0 amide bonds. The predicted octanol–water partition coefficient (Wildman–Crippen LogP) is 5.73. The third kappa shape index (κ3) is 5.26. The Morgan fingerprint density at radius 1 is 1.12 bits per heavy atom. The van der Waals surface area contributed by atoms with Crippen molar-refractivity contribution in [1.29, 1.82) is 0 Å². The van der Waals surface area contributed by atoms with Crippen LogP contribution in [0.25, 0.3) is 17.3 Å². The standard InChI is InChI=1S/C25H24ClN3O4/c1-16-21(6-4-7-22(16)32-18(3)30)31-15-5-8-23-24(19-9-11-20(26)12-10-19)28-25(33-23)29-14-13-27-17(29)2/h4,6-7,9-14H,5,8,15H2,1-3H3. The number of imidazole rings is 1. The molecule has 170 valence electrons. The predicted molar refractivity (Wildman–Crippen MR) is 125 cm³/mol. The highest BCUT2D eigenvalue weighted by Crippen LogP contribution is 2.30. The summed E-state index contributed by atoms with van der Waals surface area (Å²) in [6, 6.07) is 13.4. The Labute approximate surface area is 197 Å². The fourth-order valence-corrected chi connectivity index (χ4v) is 3.58. The molecule has 0 radical (unpaired) electrons. The van der Waals surface area contributed by atoms with E-state index in [9.17, 15) is 4.79 Å². The van der Waals surface area contributed by atoms with Gasteiger partial charge >= 0.3 is 12.0 Å². The zero-order valence-corrected chi connectivity index (χ0v) is 19.4. The minimum absolute atomic E-state index is 0.362. The molecule has 4 rings (SSSR count). The minimum Gasteiger partial charge on any atom is -0.493 e. The fourth-order valence-electron chi connectivity index (χ4n) is 3.46. The SMILES string of the molecule is CC(=O)Oc1cccc(OCCCc2oc(-n3ccnc3C)nc2-c2ccc(Cl)cc2)c1C. The van der Waals surface area contributed by atoms with Gasteiger partial charge in [0, 0.05) is 41.9 Å². The summed E-state index contributed by atoms with van der Waals surface area (Å²) < 4.78 is 19.1. The highest BCUT2D eigenvalue weighted by atomic mass is 35.5. The largest absolute Gasteiger partial charge is 0.493 e. The van der Waals surface area contributed by atoms with Crippen molar-refractivity contribution < 1.29 is 18.7 Å². The Bertz CT molecular complexity index is 1260. The first-order valence-corrected chi connectivity index (χ1v) is 11.0. The zero-order chi connectivity index (χ0) is 23.4. The molecule has 2 heterocycles. The normalized spacial score (nSPS) is 10.9. The molecule has 8 heteroatoms. The maximum Gasteiger partial charge on any atom is 0.308 e. The third-order valence-corrected chi connectivity index (χ3v) is 5.38. The quantitative estimate of drug-likeness (QED) is 0.188. The van der Waals surface area contributed by atoms with Crippen LogP contribution in [0.4, 0.5) is 0 Å². The third-order valence-electron chi connectivity index (χ3n) is 5.13. The number of carbonyl (C=O) groups excluding carboxylic acids is 1. The number of rotatable bonds is 8. The van der Waals surface area contributed by atoms with Crippen molar-refractivity contribution >= 4 is 17.6 Å². The Hall–Kier alpha value is -3.58. The van der Waals surface area contributed by atoms with Gasteiger partial charge < -0.3 is 13.9 Å². The molecule has 0 saturated carbocycles. The van der Waals surface area contributed by atoms with E-state index in [0.717, 1.165) is 28.4 Å². The second-order valence-corrected chi connectivity index (χ2v) is 7.98. The molecule has 0 aliphatic heterocycles. The lowest BCUT2D eigenvalue weighted by molar-refractivity contribution is -0.131. The summed E-state index contributed by atoms with van der Waals surface area (Å²) in [5.41, 5.74) is 2.47. The molecule has 7 nitrogen and oxygen atoms in total. The molecule has 33 heavy (non-hydrogen) atoms. The van der Waals surface area contributed by atoms with Crippen LogP contribution >= 0.6 is 11.6 Å². The number of nitrogens with zero attached hydrogens (tertiary/aromatic N) is 3. The molecule has 2 aromatic carbocycles. The van der Waals surface area contributed by atoms with Crippen LogP contribution < -0.4 is 9.47 Å². The lowest BCUT2D eigenvalue weighted by Gasteiger charge is -2.12. The second kappa shape index (κ2) is 9.92. The van der Waals surface area contributed by atoms with Gasteiger partial charge in [-0.05, 0) is 44.5 Å². The van der Waals surface area contributed by atoms with E-state index in [1.54, 1.807) is 18.3 Å². The topological polar surface area (TPSA) is 79.4 Å². The van der Waals surface area contributed by atoms with Crippen LogP contribution in [0.2, 0.25) is 5.02 Å². The number of hydrogen-bond acceptors (Lipinski definition) is 6. The summed E-state index contributed by atoms with van der Waals surface area (Å²) in [7, 11) is 0. The Morgan fingerprint density at radius 3 is 2.58 bits per heavy atom. The Balaban J connectivity index is 1.50. The van der Waals surface area contributed by atoms with Crippen molar-refractivity contribution in [3.63, 3.8) is 0 Å². The first-order chi connectivity index (χ1) is 15.9. The monoisotopic (exact) mass is 465 g/mol. The van der Waals surface area contributed by atoms with Crippen LogP contribution in [0.3, 0.4) is 0 Å². The average Bonchev–Trinajstić information content (AvgIpc) is 3.40. The van der Waals surface area contributed by atoms with Gasteiger partial charge in [0.05, 0.1) is 6.61 Å². The summed E-state index contributed by atoms with van der Waals surface area (Å²) >= 11 is 6.06. The molecular formula is C25H24ClN3O4. The summed E-state index contributed by atoms with van der Waals surface area (Å²) in [6.07, 6.45) is 4.86. The van der Waals surface area contributed by atoms with E-state index in [2.05, 4.69) is 4.98 Å². The first-order valence-electron chi connectivity index (χ1n) is 10.6. The van der Waals surface area contributed by atoms with Crippen molar-refractivity contribution in [2.24, 2.45) is 0 Å². The van der Waals surface area contributed by atoms with Gasteiger partial charge in [-0.3, -0.25) is 9.36 Å². The van der Waals surface area contributed by atoms with Crippen LogP contribution in [0.15, 0.2) is 59.3 Å². The van der Waals surface area contributed by atoms with Crippen LogP contribution in [0.1, 0.15) is 30.5 Å². The van der Waals surface area contributed by atoms with E-state index < -0.39 is 0 Å². The summed E-state index contributed by atoms with van der Waals surface area (Å²) in [5.74, 6) is 2.37. The van der Waals surface area contributed by atoms with E-state index in [1.165, 1.54) is 6.92 Å². The van der Waals surface area contributed by atoms with Gasteiger partial charge in [-0.25, -0.2) is 4.98 Å². The lowest BCUT2D eigenvalue weighted by atomic mass is 10.1. The van der Waals surface area contributed by atoms with Gasteiger partial charge in [-0.1, -0.05) is 29.8 Å². The highest BCUT2D eigenvalue weighted by molar-refractivity contribution is 6.30. The smallest absolute Gasteiger partial charge is 0.308 e. The number of ether oxygens (including phenoxy) is 2. The van der Waals surface area contributed by atoms with Gasteiger partial charge in [0.25, 0.3) is 0 Å². The molecule has 0 aliphatic rings. The molecule has 4 aromatic rings. The van der Waals surface area contributed by atoms with Gasteiger partial charge in [0.15, 0.2) is 0 Å². The molecule has 2 aromatic heterocycles. The number of hydrogen-bond donors (Lipinski definition) is 0. The van der Waals surface area contributed by atoms with Crippen molar-refractivity contribution in [1.82, 2.24) is 14.5 Å². The molecule has 0 aliphatic carbocycles. The lowest BCUT2D eigenvalue weighted by Crippen LogP contribution is -2.05. The zero-order valence-electron chi connectivity index (χ0n) is 18.7. The van der Waals surface area contributed by atoms with Crippen LogP contribution in [-0.2, 0) is 11.2 Å². The van der Waals surface area contributed by atoms with Crippen molar-refractivity contribution in [3.8, 4) is 28.8 Å². The van der Waals surface area contributed by atoms with Crippen molar-refractivity contribution in [3.05, 3.63) is 77.0 Å². The number of oxazole rings is 1. The molecule has 0 spiro atoms. The van der Waals surface area contributed by atoms with Gasteiger partial charge in [-0.15, -0.1) is 0 Å². The van der Waals surface area contributed by atoms with Crippen molar-refractivity contribution in [2.75, 3.05) is 6.61 Å². The van der Waals surface area contributed by atoms with E-state index in [4.69, 9.17) is 30.5 Å². The van der Waals surface area contributed by atoms with E-state index >= 15 is 0 Å². The van der Waals surface area contributed by atoms with Gasteiger partial charge in [0.1, 0.15) is 28.8 Å². The van der Waals surface area contributed by atoms with E-state index in [0.29, 0.717) is 42.0 Å². The molecule has 0 N–H and O–H groups in total. The first kappa shape index (κ1) is 22.6. The maximum absolute atomic E-state index is 11.3. The number of esters is 1. The number of benzene rings is 2. The molecule has 0 fully saturated rings. The van der Waals surface area contributed by atoms with Crippen molar-refractivity contribution in [2.45, 2.75) is 33.6 Å².